The molecule has 6 aliphatic rings. The maximum Gasteiger partial charge on any atom is 0.122 e. The van der Waals surface area contributed by atoms with Gasteiger partial charge in [0.25, 0.3) is 0 Å². The van der Waals surface area contributed by atoms with Gasteiger partial charge in [-0.2, -0.15) is 0 Å². The van der Waals surface area contributed by atoms with Crippen LogP contribution in [-0.2, 0) is 16.2 Å². The van der Waals surface area contributed by atoms with E-state index < -0.39 is 0 Å². The van der Waals surface area contributed by atoms with Crippen molar-refractivity contribution in [1.29, 1.82) is 0 Å². The zero-order chi connectivity index (χ0) is 39.8. The van der Waals surface area contributed by atoms with Crippen LogP contribution in [0.25, 0.3) is 0 Å². The molecule has 6 fully saturated rings. The summed E-state index contributed by atoms with van der Waals surface area (Å²) >= 11 is 0. The molecule has 0 spiro atoms. The van der Waals surface area contributed by atoms with Crippen LogP contribution in [0.5, 0.6) is 23.0 Å². The highest BCUT2D eigenvalue weighted by Crippen LogP contribution is 2.68. The predicted octanol–water partition coefficient (Wildman–Crippen LogP) is 12.4. The van der Waals surface area contributed by atoms with E-state index in [9.17, 15) is 20.4 Å². The van der Waals surface area contributed by atoms with E-state index in [0.717, 1.165) is 53.2 Å². The highest BCUT2D eigenvalue weighted by molar-refractivity contribution is 5.54. The Hall–Kier alpha value is -3.92. The smallest absolute Gasteiger partial charge is 0.122 e. The molecule has 6 aliphatic carbocycles. The molecule has 4 bridgehead atoms. The van der Waals surface area contributed by atoms with E-state index in [-0.39, 0.29) is 22.0 Å². The molecule has 0 aromatic heterocycles. The van der Waals surface area contributed by atoms with E-state index in [1.165, 1.54) is 67.2 Å². The first-order chi connectivity index (χ1) is 27.1. The maximum atomic E-state index is 12.6. The highest BCUT2D eigenvalue weighted by Gasteiger charge is 2.60. The van der Waals surface area contributed by atoms with E-state index in [1.54, 1.807) is 12.1 Å². The van der Waals surface area contributed by atoms with Crippen LogP contribution in [0.4, 0.5) is 0 Å². The summed E-state index contributed by atoms with van der Waals surface area (Å²) in [5.41, 5.74) is 7.49. The van der Waals surface area contributed by atoms with Crippen LogP contribution in [0.3, 0.4) is 0 Å². The van der Waals surface area contributed by atoms with Gasteiger partial charge in [-0.3, -0.25) is 0 Å². The summed E-state index contributed by atoms with van der Waals surface area (Å²) in [6.07, 6.45) is 11.5. The number of hydrogen-bond acceptors (Lipinski definition) is 4. The second-order valence-corrected chi connectivity index (χ2v) is 21.6. The summed E-state index contributed by atoms with van der Waals surface area (Å²) in [6.45, 7) is 14.0. The quantitative estimate of drug-likeness (QED) is 0.144. The zero-order valence-corrected chi connectivity index (χ0v) is 35.0. The predicted molar refractivity (Wildman–Crippen MR) is 228 cm³/mol. The van der Waals surface area contributed by atoms with Crippen molar-refractivity contribution in [3.8, 4) is 23.0 Å². The molecule has 4 aromatic carbocycles. The lowest BCUT2D eigenvalue weighted by Gasteiger charge is -2.43. The summed E-state index contributed by atoms with van der Waals surface area (Å²) in [4.78, 5) is 0. The van der Waals surface area contributed by atoms with Gasteiger partial charge in [0.2, 0.25) is 0 Å². The van der Waals surface area contributed by atoms with E-state index >= 15 is 0 Å². The molecule has 0 amide bonds. The summed E-state index contributed by atoms with van der Waals surface area (Å²) in [6, 6.07) is 26.3. The van der Waals surface area contributed by atoms with Crippen LogP contribution in [0, 0.1) is 53.3 Å². The monoisotopic (exact) mass is 764 g/mol. The van der Waals surface area contributed by atoms with Gasteiger partial charge >= 0.3 is 0 Å². The van der Waals surface area contributed by atoms with Gasteiger partial charge in [-0.15, -0.1) is 0 Å². The Morgan fingerprint density at radius 3 is 1.53 bits per heavy atom. The SMILES string of the molecule is CC(C)(c1ccc(O)cc1)c1ccc(O)c(C2CC3C4CC(C3C2)C(C(C)(C)c2cc(C(C)(C)c3ccc(O)cc3)cc(C3CC5C6CCC(C6)C5C3)c2O)C4)c1. The van der Waals surface area contributed by atoms with Crippen LogP contribution in [-0.4, -0.2) is 20.4 Å². The third-order valence-corrected chi connectivity index (χ3v) is 18.1. The van der Waals surface area contributed by atoms with Crippen molar-refractivity contribution in [3.05, 3.63) is 118 Å². The minimum atomic E-state index is -0.291. The van der Waals surface area contributed by atoms with E-state index in [2.05, 4.69) is 77.9 Å². The van der Waals surface area contributed by atoms with Crippen molar-refractivity contribution in [1.82, 2.24) is 0 Å². The fraction of sp³-hybridized carbons (Fsp3) is 0.547. The number of hydrogen-bond donors (Lipinski definition) is 4. The lowest BCUT2D eigenvalue weighted by molar-refractivity contribution is 0.128. The first-order valence-corrected chi connectivity index (χ1v) is 22.4. The Morgan fingerprint density at radius 2 is 0.930 bits per heavy atom. The Labute approximate surface area is 340 Å². The average molecular weight is 765 g/mol. The fourth-order valence-electron chi connectivity index (χ4n) is 14.8. The zero-order valence-electron chi connectivity index (χ0n) is 35.0. The van der Waals surface area contributed by atoms with Crippen LogP contribution in [0.2, 0.25) is 0 Å². The standard InChI is InChI=1S/C53H64O4/c1-51(2,34-9-14-38(54)15-10-34)36-13-18-49(56)43(26-36)31-20-42-33-24-46(45(42)23-31)47(25-33)53(5,6)48-28-37(52(3,4)35-11-16-39(55)17-12-35)27-44(50(48)57)32-21-40-29-7-8-30(19-29)41(40)22-32/h9-18,26-33,40-42,45-47,54-57H,7-8,19-25H2,1-6H3. The van der Waals surface area contributed by atoms with Crippen LogP contribution >= 0.6 is 0 Å². The first-order valence-electron chi connectivity index (χ1n) is 22.4. The van der Waals surface area contributed by atoms with Crippen molar-refractivity contribution >= 4 is 0 Å². The first kappa shape index (κ1) is 37.4. The van der Waals surface area contributed by atoms with E-state index in [0.29, 0.717) is 58.7 Å². The van der Waals surface area contributed by atoms with Gasteiger partial charge in [0, 0.05) is 16.4 Å². The van der Waals surface area contributed by atoms with Crippen molar-refractivity contribution in [2.75, 3.05) is 0 Å². The van der Waals surface area contributed by atoms with Crippen molar-refractivity contribution in [2.45, 2.75) is 127 Å². The lowest BCUT2D eigenvalue weighted by atomic mass is 9.61. The lowest BCUT2D eigenvalue weighted by Crippen LogP contribution is -2.38. The highest BCUT2D eigenvalue weighted by atomic mass is 16.3. The summed E-state index contributed by atoms with van der Waals surface area (Å²) < 4.78 is 0. The Bertz CT molecular complexity index is 2160. The second kappa shape index (κ2) is 13.0. The summed E-state index contributed by atoms with van der Waals surface area (Å²) in [7, 11) is 0. The summed E-state index contributed by atoms with van der Waals surface area (Å²) in [5.74, 6) is 8.88. The number of rotatable bonds is 8. The number of phenolic OH excluding ortho intramolecular Hbond substituents is 4. The van der Waals surface area contributed by atoms with Crippen molar-refractivity contribution < 1.29 is 20.4 Å². The maximum absolute atomic E-state index is 12.6. The third kappa shape index (κ3) is 5.80. The molecule has 10 unspecified atom stereocenters. The molecule has 4 heteroatoms. The number of phenols is 4. The molecule has 6 saturated carbocycles. The van der Waals surface area contributed by atoms with Crippen molar-refractivity contribution in [3.63, 3.8) is 0 Å². The molecule has 10 rings (SSSR count). The van der Waals surface area contributed by atoms with Gasteiger partial charge in [-0.25, -0.2) is 0 Å². The number of aromatic hydroxyl groups is 4. The molecule has 4 N–H and O–H groups in total. The minimum absolute atomic E-state index is 0.202. The molecular weight excluding hydrogens is 701 g/mol. The van der Waals surface area contributed by atoms with Crippen molar-refractivity contribution in [2.24, 2.45) is 53.3 Å². The van der Waals surface area contributed by atoms with Gasteiger partial charge in [0.05, 0.1) is 0 Å². The molecule has 300 valence electrons. The molecule has 4 nitrogen and oxygen atoms in total. The average Bonchev–Trinajstić information content (AvgIpc) is 4.03. The van der Waals surface area contributed by atoms with Crippen LogP contribution in [0.15, 0.2) is 78.9 Å². The normalized spacial score (nSPS) is 32.9. The minimum Gasteiger partial charge on any atom is -0.508 e. The Kier molecular flexibility index (Phi) is 8.55. The molecule has 0 aliphatic heterocycles. The van der Waals surface area contributed by atoms with Gasteiger partial charge in [-0.1, -0.05) is 90.1 Å². The summed E-state index contributed by atoms with van der Waals surface area (Å²) in [5, 5.41) is 44.1. The van der Waals surface area contributed by atoms with E-state index in [4.69, 9.17) is 0 Å². The largest absolute Gasteiger partial charge is 0.508 e. The molecular formula is C53H64O4. The third-order valence-electron chi connectivity index (χ3n) is 18.1. The molecule has 0 saturated heterocycles. The Balaban J connectivity index is 0.963. The van der Waals surface area contributed by atoms with Gasteiger partial charge in [-0.05, 0) is 192 Å². The second-order valence-electron chi connectivity index (χ2n) is 21.6. The van der Waals surface area contributed by atoms with Crippen LogP contribution in [0.1, 0.15) is 150 Å². The molecule has 57 heavy (non-hydrogen) atoms. The van der Waals surface area contributed by atoms with Gasteiger partial charge in [0.1, 0.15) is 23.0 Å². The molecule has 0 heterocycles. The van der Waals surface area contributed by atoms with Gasteiger partial charge in [0.15, 0.2) is 0 Å². The number of benzene rings is 4. The molecule has 0 radical (unpaired) electrons. The van der Waals surface area contributed by atoms with Crippen LogP contribution < -0.4 is 0 Å². The van der Waals surface area contributed by atoms with Gasteiger partial charge < -0.3 is 20.4 Å². The topological polar surface area (TPSA) is 80.9 Å². The Morgan fingerprint density at radius 1 is 0.439 bits per heavy atom. The number of fused-ring (bicyclic) bond motifs is 10. The molecule has 10 atom stereocenters. The fourth-order valence-corrected chi connectivity index (χ4v) is 14.8. The molecule has 4 aromatic rings. The van der Waals surface area contributed by atoms with E-state index in [1.807, 2.05) is 30.3 Å².